The highest BCUT2D eigenvalue weighted by molar-refractivity contribution is 5.79. The van der Waals surface area contributed by atoms with E-state index in [2.05, 4.69) is 13.8 Å². The lowest BCUT2D eigenvalue weighted by Gasteiger charge is -2.22. The highest BCUT2D eigenvalue weighted by atomic mass is 16.4. The zero-order chi connectivity index (χ0) is 13.5. The average molecular weight is 255 g/mol. The molecule has 104 valence electrons. The van der Waals surface area contributed by atoms with Crippen LogP contribution in [0.15, 0.2) is 0 Å². The van der Waals surface area contributed by atoms with Gasteiger partial charge in [0.1, 0.15) is 0 Å². The minimum atomic E-state index is -0.757. The monoisotopic (exact) mass is 255 g/mol. The Balaban J connectivity index is 2.44. The van der Waals surface area contributed by atoms with Gasteiger partial charge in [-0.1, -0.05) is 26.7 Å². The Bertz CT molecular complexity index is 291. The van der Waals surface area contributed by atoms with E-state index in [-0.39, 0.29) is 24.2 Å². The Hall–Kier alpha value is -1.06. The van der Waals surface area contributed by atoms with Crippen molar-refractivity contribution in [3.05, 3.63) is 0 Å². The number of carbonyl (C=O) groups excluding carboxylic acids is 1. The molecule has 2 atom stereocenters. The van der Waals surface area contributed by atoms with Gasteiger partial charge in [-0.15, -0.1) is 0 Å². The van der Waals surface area contributed by atoms with Crippen molar-refractivity contribution in [3.63, 3.8) is 0 Å². The second-order valence-electron chi connectivity index (χ2n) is 5.28. The fourth-order valence-corrected chi connectivity index (χ4v) is 2.66. The predicted octanol–water partition coefficient (Wildman–Crippen LogP) is 2.53. The van der Waals surface area contributed by atoms with Crippen LogP contribution in [0.1, 0.15) is 52.4 Å². The molecule has 1 aliphatic rings. The molecule has 0 bridgehead atoms. The summed E-state index contributed by atoms with van der Waals surface area (Å²) in [7, 11) is 0. The average Bonchev–Trinajstić information content (AvgIpc) is 2.77. The molecule has 1 heterocycles. The summed E-state index contributed by atoms with van der Waals surface area (Å²) < 4.78 is 0. The van der Waals surface area contributed by atoms with E-state index in [0.29, 0.717) is 6.54 Å². The number of aliphatic carboxylic acids is 1. The number of hydrogen-bond acceptors (Lipinski definition) is 2. The lowest BCUT2D eigenvalue weighted by atomic mass is 9.98. The van der Waals surface area contributed by atoms with Crippen molar-refractivity contribution in [1.29, 1.82) is 0 Å². The number of carbonyl (C=O) groups is 2. The third-order valence-corrected chi connectivity index (χ3v) is 3.81. The first-order valence-electron chi connectivity index (χ1n) is 7.09. The number of carboxylic acids is 1. The van der Waals surface area contributed by atoms with Gasteiger partial charge in [0.25, 0.3) is 0 Å². The maximum Gasteiger partial charge on any atom is 0.303 e. The van der Waals surface area contributed by atoms with Crippen LogP contribution in [0, 0.1) is 11.8 Å². The standard InChI is InChI=1S/C14H25NO3/c1-3-5-6-12(4-2)14(18)15-8-7-11(10-15)9-13(16)17/h11-12H,3-10H2,1-2H3,(H,16,17). The van der Waals surface area contributed by atoms with Gasteiger partial charge in [0.2, 0.25) is 5.91 Å². The van der Waals surface area contributed by atoms with E-state index in [1.54, 1.807) is 0 Å². The molecular weight excluding hydrogens is 230 g/mol. The summed E-state index contributed by atoms with van der Waals surface area (Å²) in [5, 5.41) is 8.77. The fourth-order valence-electron chi connectivity index (χ4n) is 2.66. The maximum absolute atomic E-state index is 12.3. The Morgan fingerprint density at radius 3 is 2.67 bits per heavy atom. The van der Waals surface area contributed by atoms with Crippen LogP contribution in [0.5, 0.6) is 0 Å². The van der Waals surface area contributed by atoms with Crippen LogP contribution in [0.2, 0.25) is 0 Å². The van der Waals surface area contributed by atoms with E-state index in [1.165, 1.54) is 0 Å². The first kappa shape index (κ1) is 15.0. The molecule has 2 unspecified atom stereocenters. The van der Waals surface area contributed by atoms with Crippen LogP contribution < -0.4 is 0 Å². The zero-order valence-corrected chi connectivity index (χ0v) is 11.5. The van der Waals surface area contributed by atoms with E-state index in [9.17, 15) is 9.59 Å². The number of likely N-dealkylation sites (tertiary alicyclic amines) is 1. The van der Waals surface area contributed by atoms with E-state index < -0.39 is 5.97 Å². The molecule has 0 aromatic rings. The van der Waals surface area contributed by atoms with Crippen molar-refractivity contribution in [2.24, 2.45) is 11.8 Å². The Kier molecular flexibility index (Phi) is 6.16. The van der Waals surface area contributed by atoms with Crippen molar-refractivity contribution >= 4 is 11.9 Å². The molecule has 0 spiro atoms. The summed E-state index contributed by atoms with van der Waals surface area (Å²) in [5.41, 5.74) is 0. The maximum atomic E-state index is 12.3. The number of carboxylic acid groups (broad SMARTS) is 1. The summed E-state index contributed by atoms with van der Waals surface area (Å²) in [5.74, 6) is -0.241. The molecule has 4 heteroatoms. The summed E-state index contributed by atoms with van der Waals surface area (Å²) >= 11 is 0. The highest BCUT2D eigenvalue weighted by Crippen LogP contribution is 2.24. The second kappa shape index (κ2) is 7.39. The van der Waals surface area contributed by atoms with Crippen LogP contribution in [-0.4, -0.2) is 35.0 Å². The summed E-state index contributed by atoms with van der Waals surface area (Å²) in [6.07, 6.45) is 5.09. The van der Waals surface area contributed by atoms with Gasteiger partial charge in [-0.2, -0.15) is 0 Å². The van der Waals surface area contributed by atoms with Gasteiger partial charge in [-0.25, -0.2) is 0 Å². The lowest BCUT2D eigenvalue weighted by Crippen LogP contribution is -2.34. The molecule has 1 amide bonds. The Morgan fingerprint density at radius 2 is 2.11 bits per heavy atom. The minimum Gasteiger partial charge on any atom is -0.481 e. The van der Waals surface area contributed by atoms with E-state index in [1.807, 2.05) is 4.90 Å². The lowest BCUT2D eigenvalue weighted by molar-refractivity contribution is -0.139. The molecular formula is C14H25NO3. The van der Waals surface area contributed by atoms with E-state index in [4.69, 9.17) is 5.11 Å². The van der Waals surface area contributed by atoms with Gasteiger partial charge in [-0.3, -0.25) is 9.59 Å². The molecule has 0 aliphatic carbocycles. The zero-order valence-electron chi connectivity index (χ0n) is 11.5. The van der Waals surface area contributed by atoms with Crippen LogP contribution >= 0.6 is 0 Å². The second-order valence-corrected chi connectivity index (χ2v) is 5.28. The third-order valence-electron chi connectivity index (χ3n) is 3.81. The Morgan fingerprint density at radius 1 is 1.39 bits per heavy atom. The van der Waals surface area contributed by atoms with E-state index >= 15 is 0 Å². The largest absolute Gasteiger partial charge is 0.481 e. The van der Waals surface area contributed by atoms with Crippen LogP contribution in [0.3, 0.4) is 0 Å². The molecule has 4 nitrogen and oxygen atoms in total. The molecule has 18 heavy (non-hydrogen) atoms. The summed E-state index contributed by atoms with van der Waals surface area (Å²) in [4.78, 5) is 24.8. The first-order chi connectivity index (χ1) is 8.58. The van der Waals surface area contributed by atoms with Gasteiger partial charge in [0.15, 0.2) is 0 Å². The van der Waals surface area contributed by atoms with E-state index in [0.717, 1.165) is 38.6 Å². The number of nitrogens with zero attached hydrogens (tertiary/aromatic N) is 1. The van der Waals surface area contributed by atoms with Crippen molar-refractivity contribution in [2.75, 3.05) is 13.1 Å². The molecule has 1 fully saturated rings. The molecule has 0 saturated carbocycles. The molecule has 0 aromatic carbocycles. The SMILES string of the molecule is CCCCC(CC)C(=O)N1CCC(CC(=O)O)C1. The molecule has 1 aliphatic heterocycles. The van der Waals surface area contributed by atoms with Gasteiger partial charge >= 0.3 is 5.97 Å². The highest BCUT2D eigenvalue weighted by Gasteiger charge is 2.30. The molecule has 1 rings (SSSR count). The summed E-state index contributed by atoms with van der Waals surface area (Å²) in [6, 6.07) is 0. The van der Waals surface area contributed by atoms with Gasteiger partial charge in [-0.05, 0) is 25.2 Å². The molecule has 1 saturated heterocycles. The van der Waals surface area contributed by atoms with Gasteiger partial charge in [0, 0.05) is 25.4 Å². The fraction of sp³-hybridized carbons (Fsp3) is 0.857. The van der Waals surface area contributed by atoms with Crippen molar-refractivity contribution in [2.45, 2.75) is 52.4 Å². The smallest absolute Gasteiger partial charge is 0.303 e. The van der Waals surface area contributed by atoms with Gasteiger partial charge < -0.3 is 10.0 Å². The van der Waals surface area contributed by atoms with Crippen LogP contribution in [0.25, 0.3) is 0 Å². The van der Waals surface area contributed by atoms with Crippen LogP contribution in [-0.2, 0) is 9.59 Å². The van der Waals surface area contributed by atoms with Crippen molar-refractivity contribution in [3.8, 4) is 0 Å². The number of amides is 1. The number of rotatable bonds is 7. The Labute approximate surface area is 109 Å². The molecule has 0 aromatic heterocycles. The molecule has 1 N–H and O–H groups in total. The quantitative estimate of drug-likeness (QED) is 0.760. The molecule has 0 radical (unpaired) electrons. The van der Waals surface area contributed by atoms with Gasteiger partial charge in [0.05, 0.1) is 0 Å². The van der Waals surface area contributed by atoms with Crippen molar-refractivity contribution < 1.29 is 14.7 Å². The third kappa shape index (κ3) is 4.31. The number of unbranched alkanes of at least 4 members (excludes halogenated alkanes) is 1. The number of hydrogen-bond donors (Lipinski definition) is 1. The topological polar surface area (TPSA) is 57.6 Å². The minimum absolute atomic E-state index is 0.133. The van der Waals surface area contributed by atoms with Crippen LogP contribution in [0.4, 0.5) is 0 Å². The predicted molar refractivity (Wildman–Crippen MR) is 70.2 cm³/mol. The summed E-state index contributed by atoms with van der Waals surface area (Å²) in [6.45, 7) is 5.56. The first-order valence-corrected chi connectivity index (χ1v) is 7.09. The van der Waals surface area contributed by atoms with Crippen molar-refractivity contribution in [1.82, 2.24) is 4.90 Å². The normalized spacial score (nSPS) is 21.0.